The van der Waals surface area contributed by atoms with Crippen molar-refractivity contribution in [2.45, 2.75) is 26.3 Å². The van der Waals surface area contributed by atoms with Gasteiger partial charge in [-0.3, -0.25) is 4.79 Å². The molecule has 0 atom stereocenters. The molecular formula is C15H24N2O3. The average molecular weight is 280 g/mol. The lowest BCUT2D eigenvalue weighted by Gasteiger charge is -2.12. The predicted molar refractivity (Wildman–Crippen MR) is 79.2 cm³/mol. The molecule has 0 saturated carbocycles. The molecular weight excluding hydrogens is 256 g/mol. The van der Waals surface area contributed by atoms with E-state index in [1.807, 2.05) is 25.2 Å². The van der Waals surface area contributed by atoms with Gasteiger partial charge in [-0.2, -0.15) is 0 Å². The third-order valence-electron chi connectivity index (χ3n) is 2.78. The zero-order valence-corrected chi connectivity index (χ0v) is 12.5. The van der Waals surface area contributed by atoms with Crippen molar-refractivity contribution in [3.05, 3.63) is 23.8 Å². The van der Waals surface area contributed by atoms with Crippen LogP contribution in [0.1, 0.15) is 25.3 Å². The molecule has 0 aliphatic rings. The van der Waals surface area contributed by atoms with Gasteiger partial charge in [0.2, 0.25) is 5.91 Å². The van der Waals surface area contributed by atoms with Gasteiger partial charge in [0.15, 0.2) is 11.5 Å². The van der Waals surface area contributed by atoms with Crippen LogP contribution in [0.25, 0.3) is 0 Å². The summed E-state index contributed by atoms with van der Waals surface area (Å²) in [6.07, 6.45) is 1.43. The van der Waals surface area contributed by atoms with Gasteiger partial charge >= 0.3 is 0 Å². The fraction of sp³-hybridized carbons (Fsp3) is 0.533. The Morgan fingerprint density at radius 1 is 1.30 bits per heavy atom. The molecule has 20 heavy (non-hydrogen) atoms. The van der Waals surface area contributed by atoms with Crippen LogP contribution in [0.2, 0.25) is 0 Å². The monoisotopic (exact) mass is 280 g/mol. The summed E-state index contributed by atoms with van der Waals surface area (Å²) >= 11 is 0. The van der Waals surface area contributed by atoms with Crippen molar-refractivity contribution in [3.63, 3.8) is 0 Å². The Labute approximate surface area is 120 Å². The summed E-state index contributed by atoms with van der Waals surface area (Å²) in [5.41, 5.74) is 0.989. The van der Waals surface area contributed by atoms with Crippen LogP contribution in [0.5, 0.6) is 11.5 Å². The minimum absolute atomic E-state index is 0.0321. The van der Waals surface area contributed by atoms with Crippen molar-refractivity contribution in [2.75, 3.05) is 27.3 Å². The lowest BCUT2D eigenvalue weighted by atomic mass is 10.2. The molecule has 0 fully saturated rings. The van der Waals surface area contributed by atoms with E-state index in [4.69, 9.17) is 9.47 Å². The van der Waals surface area contributed by atoms with E-state index < -0.39 is 0 Å². The number of methoxy groups -OCH3 is 1. The molecule has 0 spiro atoms. The van der Waals surface area contributed by atoms with Gasteiger partial charge in [0.1, 0.15) is 0 Å². The molecule has 0 aromatic heterocycles. The topological polar surface area (TPSA) is 59.6 Å². The van der Waals surface area contributed by atoms with Crippen LogP contribution in [-0.4, -0.2) is 33.2 Å². The molecule has 1 aromatic rings. The Morgan fingerprint density at radius 2 is 2.10 bits per heavy atom. The van der Waals surface area contributed by atoms with Crippen LogP contribution in [0.4, 0.5) is 0 Å². The molecule has 1 aromatic carbocycles. The van der Waals surface area contributed by atoms with Crippen LogP contribution in [0.3, 0.4) is 0 Å². The molecule has 5 heteroatoms. The summed E-state index contributed by atoms with van der Waals surface area (Å²) in [4.78, 5) is 11.5. The minimum Gasteiger partial charge on any atom is -0.493 e. The Hall–Kier alpha value is -1.75. The molecule has 0 aliphatic heterocycles. The molecule has 0 aliphatic carbocycles. The van der Waals surface area contributed by atoms with E-state index in [-0.39, 0.29) is 5.91 Å². The molecule has 0 saturated heterocycles. The van der Waals surface area contributed by atoms with Crippen LogP contribution in [-0.2, 0) is 11.3 Å². The van der Waals surface area contributed by atoms with Gasteiger partial charge in [0, 0.05) is 19.5 Å². The van der Waals surface area contributed by atoms with Crippen LogP contribution < -0.4 is 20.1 Å². The van der Waals surface area contributed by atoms with E-state index in [9.17, 15) is 4.79 Å². The first kappa shape index (κ1) is 16.3. The van der Waals surface area contributed by atoms with Crippen molar-refractivity contribution < 1.29 is 14.3 Å². The number of ether oxygens (including phenoxy) is 2. The standard InChI is InChI=1S/C15H24N2O3/c1-4-9-20-13-6-5-12(10-14(13)19-3)11-17-15(18)7-8-16-2/h5-6,10,16H,4,7-9,11H2,1-3H3,(H,17,18). The number of hydrogen-bond acceptors (Lipinski definition) is 4. The van der Waals surface area contributed by atoms with Crippen molar-refractivity contribution in [1.29, 1.82) is 0 Å². The zero-order chi connectivity index (χ0) is 14.8. The normalized spacial score (nSPS) is 10.2. The fourth-order valence-corrected chi connectivity index (χ4v) is 1.68. The van der Waals surface area contributed by atoms with E-state index >= 15 is 0 Å². The number of carbonyl (C=O) groups excluding carboxylic acids is 1. The van der Waals surface area contributed by atoms with E-state index in [2.05, 4.69) is 17.6 Å². The van der Waals surface area contributed by atoms with Gasteiger partial charge in [-0.1, -0.05) is 13.0 Å². The summed E-state index contributed by atoms with van der Waals surface area (Å²) in [7, 11) is 3.44. The SMILES string of the molecule is CCCOc1ccc(CNC(=O)CCNC)cc1OC. The van der Waals surface area contributed by atoms with E-state index in [0.717, 1.165) is 17.7 Å². The van der Waals surface area contributed by atoms with Gasteiger partial charge in [-0.25, -0.2) is 0 Å². The zero-order valence-electron chi connectivity index (χ0n) is 12.5. The van der Waals surface area contributed by atoms with Crippen molar-refractivity contribution in [1.82, 2.24) is 10.6 Å². The number of hydrogen-bond donors (Lipinski definition) is 2. The maximum atomic E-state index is 11.5. The summed E-state index contributed by atoms with van der Waals surface area (Å²) in [6, 6.07) is 5.71. The summed E-state index contributed by atoms with van der Waals surface area (Å²) in [5.74, 6) is 1.46. The highest BCUT2D eigenvalue weighted by molar-refractivity contribution is 5.76. The lowest BCUT2D eigenvalue weighted by Crippen LogP contribution is -2.26. The van der Waals surface area contributed by atoms with Gasteiger partial charge < -0.3 is 20.1 Å². The first-order valence-corrected chi connectivity index (χ1v) is 6.92. The van der Waals surface area contributed by atoms with Gasteiger partial charge in [-0.05, 0) is 31.2 Å². The lowest BCUT2D eigenvalue weighted by molar-refractivity contribution is -0.121. The molecule has 0 unspecified atom stereocenters. The number of nitrogens with one attached hydrogen (secondary N) is 2. The predicted octanol–water partition coefficient (Wildman–Crippen LogP) is 1.71. The third-order valence-corrected chi connectivity index (χ3v) is 2.78. The maximum Gasteiger partial charge on any atom is 0.221 e. The molecule has 112 valence electrons. The Balaban J connectivity index is 2.56. The summed E-state index contributed by atoms with van der Waals surface area (Å²) < 4.78 is 10.9. The summed E-state index contributed by atoms with van der Waals surface area (Å²) in [5, 5.41) is 5.82. The van der Waals surface area contributed by atoms with Gasteiger partial charge in [-0.15, -0.1) is 0 Å². The maximum absolute atomic E-state index is 11.5. The number of carbonyl (C=O) groups is 1. The largest absolute Gasteiger partial charge is 0.493 e. The first-order chi connectivity index (χ1) is 9.71. The van der Waals surface area contributed by atoms with E-state index in [0.29, 0.717) is 31.9 Å². The minimum atomic E-state index is 0.0321. The van der Waals surface area contributed by atoms with Gasteiger partial charge in [0.25, 0.3) is 0 Å². The second-order valence-corrected chi connectivity index (χ2v) is 4.46. The van der Waals surface area contributed by atoms with E-state index in [1.165, 1.54) is 0 Å². The molecule has 0 radical (unpaired) electrons. The molecule has 2 N–H and O–H groups in total. The number of rotatable bonds is 9. The highest BCUT2D eigenvalue weighted by atomic mass is 16.5. The average Bonchev–Trinajstić information content (AvgIpc) is 2.49. The Bertz CT molecular complexity index is 422. The molecule has 5 nitrogen and oxygen atoms in total. The quantitative estimate of drug-likeness (QED) is 0.723. The third kappa shape index (κ3) is 5.48. The second kappa shape index (κ2) is 9.20. The number of benzene rings is 1. The van der Waals surface area contributed by atoms with Crippen molar-refractivity contribution in [3.8, 4) is 11.5 Å². The highest BCUT2D eigenvalue weighted by Crippen LogP contribution is 2.28. The molecule has 1 rings (SSSR count). The Kier molecular flexibility index (Phi) is 7.50. The van der Waals surface area contributed by atoms with Crippen molar-refractivity contribution in [2.24, 2.45) is 0 Å². The number of amides is 1. The first-order valence-electron chi connectivity index (χ1n) is 6.92. The highest BCUT2D eigenvalue weighted by Gasteiger charge is 2.06. The molecule has 1 amide bonds. The Morgan fingerprint density at radius 3 is 2.75 bits per heavy atom. The second-order valence-electron chi connectivity index (χ2n) is 4.46. The smallest absolute Gasteiger partial charge is 0.221 e. The van der Waals surface area contributed by atoms with Crippen LogP contribution >= 0.6 is 0 Å². The summed E-state index contributed by atoms with van der Waals surface area (Å²) in [6.45, 7) is 3.89. The van der Waals surface area contributed by atoms with E-state index in [1.54, 1.807) is 7.11 Å². The van der Waals surface area contributed by atoms with Crippen molar-refractivity contribution >= 4 is 5.91 Å². The fourth-order valence-electron chi connectivity index (χ4n) is 1.68. The van der Waals surface area contributed by atoms with Gasteiger partial charge in [0.05, 0.1) is 13.7 Å². The molecule has 0 heterocycles. The molecule has 0 bridgehead atoms. The van der Waals surface area contributed by atoms with Crippen LogP contribution in [0.15, 0.2) is 18.2 Å². The van der Waals surface area contributed by atoms with Crippen LogP contribution in [0, 0.1) is 0 Å².